The molecule has 4 heterocycles. The minimum Gasteiger partial charge on any atom is -0.486 e. The number of amides is 1. The van der Waals surface area contributed by atoms with Crippen LogP contribution in [-0.4, -0.2) is 33.7 Å². The molecule has 8 nitrogen and oxygen atoms in total. The minimum atomic E-state index is -0.351. The summed E-state index contributed by atoms with van der Waals surface area (Å²) in [4.78, 5) is 34.6. The van der Waals surface area contributed by atoms with E-state index in [4.69, 9.17) is 9.47 Å². The smallest absolute Gasteiger partial charge is 0.260 e. The lowest BCUT2D eigenvalue weighted by atomic mass is 10.1. The van der Waals surface area contributed by atoms with Crippen molar-refractivity contribution in [3.63, 3.8) is 0 Å². The number of fused-ring (bicyclic) bond motifs is 2. The first kappa shape index (κ1) is 19.7. The molecule has 1 N–H and O–H groups in total. The highest BCUT2D eigenvalue weighted by Gasteiger charge is 2.17. The van der Waals surface area contributed by atoms with E-state index in [-0.39, 0.29) is 11.5 Å². The number of nitrogens with one attached hydrogen (secondary N) is 1. The molecule has 4 aromatic rings. The van der Waals surface area contributed by atoms with Crippen LogP contribution in [0.15, 0.2) is 65.8 Å². The van der Waals surface area contributed by atoms with E-state index in [9.17, 15) is 9.59 Å². The number of aryl methyl sites for hydroxylation is 1. The molecule has 0 unspecified atom stereocenters. The Morgan fingerprint density at radius 3 is 2.78 bits per heavy atom. The number of aromatic nitrogens is 3. The van der Waals surface area contributed by atoms with Gasteiger partial charge in [0.15, 0.2) is 11.5 Å². The van der Waals surface area contributed by atoms with Gasteiger partial charge in [0.1, 0.15) is 13.2 Å². The Morgan fingerprint density at radius 1 is 1.12 bits per heavy atom. The maximum atomic E-state index is 13.1. The summed E-state index contributed by atoms with van der Waals surface area (Å²) in [5.41, 5.74) is 2.69. The SMILES string of the molecule is Cc1nc2ccn(Cc3cccnc3)c(=O)c2cc1C(=O)Nc1ccc2c(c1)OCCO2. The van der Waals surface area contributed by atoms with Crippen LogP contribution in [0.4, 0.5) is 5.69 Å². The quantitative estimate of drug-likeness (QED) is 0.537. The van der Waals surface area contributed by atoms with Gasteiger partial charge in [-0.1, -0.05) is 6.07 Å². The first-order chi connectivity index (χ1) is 15.6. The zero-order valence-corrected chi connectivity index (χ0v) is 17.4. The molecular weight excluding hydrogens is 408 g/mol. The van der Waals surface area contributed by atoms with Crippen molar-refractivity contribution < 1.29 is 14.3 Å². The van der Waals surface area contributed by atoms with E-state index < -0.39 is 0 Å². The Balaban J connectivity index is 1.46. The van der Waals surface area contributed by atoms with Gasteiger partial charge in [-0.15, -0.1) is 0 Å². The molecule has 0 atom stereocenters. The second-order valence-electron chi connectivity index (χ2n) is 7.48. The van der Waals surface area contributed by atoms with Crippen molar-refractivity contribution in [2.24, 2.45) is 0 Å². The van der Waals surface area contributed by atoms with Gasteiger partial charge in [0.05, 0.1) is 28.7 Å². The third-order valence-electron chi connectivity index (χ3n) is 5.27. The molecule has 0 bridgehead atoms. The third kappa shape index (κ3) is 3.78. The molecule has 0 saturated heterocycles. The molecule has 3 aromatic heterocycles. The van der Waals surface area contributed by atoms with E-state index in [1.54, 1.807) is 60.4 Å². The van der Waals surface area contributed by atoms with E-state index in [1.165, 1.54) is 0 Å². The standard InChI is InChI=1S/C24H20N4O4/c1-15-18(23(29)27-17-4-5-21-22(11-17)32-10-9-31-21)12-19-20(26-15)6-8-28(24(19)30)14-16-3-2-7-25-13-16/h2-8,11-13H,9-10,14H2,1H3,(H,27,29). The van der Waals surface area contributed by atoms with Crippen molar-refractivity contribution in [2.75, 3.05) is 18.5 Å². The van der Waals surface area contributed by atoms with Gasteiger partial charge < -0.3 is 19.4 Å². The van der Waals surface area contributed by atoms with Crippen molar-refractivity contribution in [1.82, 2.24) is 14.5 Å². The molecule has 0 aliphatic carbocycles. The number of benzene rings is 1. The van der Waals surface area contributed by atoms with Crippen LogP contribution in [0.5, 0.6) is 11.5 Å². The molecule has 0 radical (unpaired) electrons. The van der Waals surface area contributed by atoms with E-state index in [2.05, 4.69) is 15.3 Å². The Hall–Kier alpha value is -4.20. The zero-order valence-electron chi connectivity index (χ0n) is 17.4. The van der Waals surface area contributed by atoms with E-state index >= 15 is 0 Å². The topological polar surface area (TPSA) is 95.3 Å². The minimum absolute atomic E-state index is 0.216. The van der Waals surface area contributed by atoms with Crippen molar-refractivity contribution >= 4 is 22.5 Å². The first-order valence-electron chi connectivity index (χ1n) is 10.2. The number of ether oxygens (including phenoxy) is 2. The highest BCUT2D eigenvalue weighted by atomic mass is 16.6. The normalized spacial score (nSPS) is 12.5. The predicted molar refractivity (Wildman–Crippen MR) is 119 cm³/mol. The van der Waals surface area contributed by atoms with Crippen LogP contribution in [0, 0.1) is 6.92 Å². The van der Waals surface area contributed by atoms with Gasteiger partial charge in [0, 0.05) is 30.3 Å². The maximum absolute atomic E-state index is 13.1. The lowest BCUT2D eigenvalue weighted by Crippen LogP contribution is -2.22. The summed E-state index contributed by atoms with van der Waals surface area (Å²) in [7, 11) is 0. The second-order valence-corrected chi connectivity index (χ2v) is 7.48. The molecule has 0 fully saturated rings. The second kappa shape index (κ2) is 8.14. The molecule has 0 spiro atoms. The molecule has 1 aromatic carbocycles. The monoisotopic (exact) mass is 428 g/mol. The molecule has 8 heteroatoms. The highest BCUT2D eigenvalue weighted by Crippen LogP contribution is 2.32. The van der Waals surface area contributed by atoms with E-state index in [0.717, 1.165) is 5.56 Å². The maximum Gasteiger partial charge on any atom is 0.260 e. The first-order valence-corrected chi connectivity index (χ1v) is 10.2. The lowest BCUT2D eigenvalue weighted by Gasteiger charge is -2.19. The van der Waals surface area contributed by atoms with Gasteiger partial charge in [0.2, 0.25) is 0 Å². The number of hydrogen-bond acceptors (Lipinski definition) is 6. The highest BCUT2D eigenvalue weighted by molar-refractivity contribution is 6.06. The molecule has 1 amide bonds. The van der Waals surface area contributed by atoms with Gasteiger partial charge in [-0.3, -0.25) is 19.6 Å². The Morgan fingerprint density at radius 2 is 1.97 bits per heavy atom. The van der Waals surface area contributed by atoms with Crippen molar-refractivity contribution in [3.05, 3.63) is 88.2 Å². The third-order valence-corrected chi connectivity index (χ3v) is 5.27. The van der Waals surface area contributed by atoms with Gasteiger partial charge in [-0.2, -0.15) is 0 Å². The number of carbonyl (C=O) groups is 1. The van der Waals surface area contributed by atoms with Crippen LogP contribution in [-0.2, 0) is 6.54 Å². The fraction of sp³-hybridized carbons (Fsp3) is 0.167. The molecule has 1 aliphatic heterocycles. The molecule has 0 saturated carbocycles. The number of rotatable bonds is 4. The van der Waals surface area contributed by atoms with E-state index in [0.29, 0.717) is 59.1 Å². The van der Waals surface area contributed by atoms with Gasteiger partial charge in [0.25, 0.3) is 11.5 Å². The van der Waals surface area contributed by atoms with Crippen LogP contribution in [0.2, 0.25) is 0 Å². The van der Waals surface area contributed by atoms with Crippen molar-refractivity contribution in [2.45, 2.75) is 13.5 Å². The largest absolute Gasteiger partial charge is 0.486 e. The summed E-state index contributed by atoms with van der Waals surface area (Å²) in [6.45, 7) is 3.09. The number of carbonyl (C=O) groups excluding carboxylic acids is 1. The lowest BCUT2D eigenvalue weighted by molar-refractivity contribution is 0.102. The number of nitrogens with zero attached hydrogens (tertiary/aromatic N) is 3. The average molecular weight is 428 g/mol. The molecule has 32 heavy (non-hydrogen) atoms. The summed E-state index contributed by atoms with van der Waals surface area (Å²) >= 11 is 0. The van der Waals surface area contributed by atoms with Crippen LogP contribution in [0.1, 0.15) is 21.6 Å². The summed E-state index contributed by atoms with van der Waals surface area (Å²) in [5.74, 6) is 0.878. The molecular formula is C24H20N4O4. The Kier molecular flexibility index (Phi) is 5.03. The Labute approximate surface area is 183 Å². The summed E-state index contributed by atoms with van der Waals surface area (Å²) in [6.07, 6.45) is 5.11. The number of anilines is 1. The predicted octanol–water partition coefficient (Wildman–Crippen LogP) is 3.17. The van der Waals surface area contributed by atoms with Gasteiger partial charge in [-0.05, 0) is 42.8 Å². The number of hydrogen-bond donors (Lipinski definition) is 1. The summed E-state index contributed by atoms with van der Waals surface area (Å²) < 4.78 is 12.7. The Bertz CT molecular complexity index is 1380. The van der Waals surface area contributed by atoms with Crippen LogP contribution >= 0.6 is 0 Å². The zero-order chi connectivity index (χ0) is 22.1. The van der Waals surface area contributed by atoms with Gasteiger partial charge in [-0.25, -0.2) is 0 Å². The van der Waals surface area contributed by atoms with Crippen molar-refractivity contribution in [1.29, 1.82) is 0 Å². The number of pyridine rings is 3. The molecule has 1 aliphatic rings. The van der Waals surface area contributed by atoms with Crippen LogP contribution in [0.25, 0.3) is 10.9 Å². The van der Waals surface area contributed by atoms with Gasteiger partial charge >= 0.3 is 0 Å². The fourth-order valence-corrected chi connectivity index (χ4v) is 3.67. The summed E-state index contributed by atoms with van der Waals surface area (Å²) in [6, 6.07) is 12.3. The molecule has 160 valence electrons. The fourth-order valence-electron chi connectivity index (χ4n) is 3.67. The van der Waals surface area contributed by atoms with Crippen molar-refractivity contribution in [3.8, 4) is 11.5 Å². The van der Waals surface area contributed by atoms with Crippen LogP contribution in [0.3, 0.4) is 0 Å². The van der Waals surface area contributed by atoms with E-state index in [1.807, 2.05) is 12.1 Å². The van der Waals surface area contributed by atoms with Crippen LogP contribution < -0.4 is 20.3 Å². The average Bonchev–Trinajstić information content (AvgIpc) is 2.81. The molecule has 5 rings (SSSR count). The summed E-state index contributed by atoms with van der Waals surface area (Å²) in [5, 5.41) is 3.24.